The fourth-order valence-corrected chi connectivity index (χ4v) is 3.19. The Bertz CT molecular complexity index is 448. The third-order valence-electron chi connectivity index (χ3n) is 4.41. The normalized spacial score (nSPS) is 29.3. The van der Waals surface area contributed by atoms with Crippen LogP contribution in [0.5, 0.6) is 0 Å². The highest BCUT2D eigenvalue weighted by molar-refractivity contribution is 5.49. The van der Waals surface area contributed by atoms with Gasteiger partial charge in [-0.25, -0.2) is 0 Å². The third-order valence-corrected chi connectivity index (χ3v) is 4.41. The van der Waals surface area contributed by atoms with Gasteiger partial charge < -0.3 is 14.4 Å². The highest BCUT2D eigenvalue weighted by Crippen LogP contribution is 2.55. The molecule has 1 aromatic carbocycles. The predicted molar refractivity (Wildman–Crippen MR) is 76.4 cm³/mol. The van der Waals surface area contributed by atoms with Crippen molar-refractivity contribution in [2.45, 2.75) is 44.5 Å². The van der Waals surface area contributed by atoms with Crippen molar-refractivity contribution in [3.05, 3.63) is 29.8 Å². The molecule has 0 aliphatic carbocycles. The summed E-state index contributed by atoms with van der Waals surface area (Å²) >= 11 is 0. The van der Waals surface area contributed by atoms with E-state index in [9.17, 15) is 0 Å². The van der Waals surface area contributed by atoms with E-state index in [1.807, 2.05) is 0 Å². The zero-order valence-electron chi connectivity index (χ0n) is 12.1. The van der Waals surface area contributed by atoms with Crippen LogP contribution in [-0.2, 0) is 15.3 Å². The number of piperidine rings is 1. The second kappa shape index (κ2) is 4.50. The molecule has 2 aliphatic rings. The van der Waals surface area contributed by atoms with E-state index in [0.717, 1.165) is 5.56 Å². The lowest BCUT2D eigenvalue weighted by atomic mass is 9.98. The van der Waals surface area contributed by atoms with E-state index in [1.165, 1.54) is 38.0 Å². The molecule has 104 valence electrons. The van der Waals surface area contributed by atoms with E-state index in [-0.39, 0.29) is 5.60 Å². The van der Waals surface area contributed by atoms with Crippen molar-refractivity contribution in [3.63, 3.8) is 0 Å². The van der Waals surface area contributed by atoms with Crippen molar-refractivity contribution in [2.75, 3.05) is 25.1 Å². The standard InChI is InChI=1S/C16H23NO2/c1-15(2)16(18-3,19-15)13-7-9-14(10-8-13)17-11-5-4-6-12-17/h7-10H,4-6,11-12H2,1-3H3. The molecule has 0 N–H and O–H groups in total. The van der Waals surface area contributed by atoms with Gasteiger partial charge in [0.05, 0.1) is 0 Å². The molecule has 0 aromatic heterocycles. The SMILES string of the molecule is COC1(c2ccc(N3CCCCC3)cc2)OC1(C)C. The third kappa shape index (κ3) is 2.05. The topological polar surface area (TPSA) is 25.0 Å². The average molecular weight is 261 g/mol. The smallest absolute Gasteiger partial charge is 0.225 e. The molecule has 2 heterocycles. The Labute approximate surface area is 115 Å². The monoisotopic (exact) mass is 261 g/mol. The average Bonchev–Trinajstić information content (AvgIpc) is 3.03. The quantitative estimate of drug-likeness (QED) is 0.781. The Hall–Kier alpha value is -1.06. The van der Waals surface area contributed by atoms with Crippen molar-refractivity contribution in [1.82, 2.24) is 0 Å². The van der Waals surface area contributed by atoms with Crippen molar-refractivity contribution in [1.29, 1.82) is 0 Å². The molecule has 2 fully saturated rings. The van der Waals surface area contributed by atoms with Gasteiger partial charge in [0, 0.05) is 31.5 Å². The van der Waals surface area contributed by atoms with E-state index in [0.29, 0.717) is 0 Å². The first kappa shape index (κ1) is 12.9. The Morgan fingerprint density at radius 2 is 1.63 bits per heavy atom. The molecule has 2 aliphatic heterocycles. The maximum Gasteiger partial charge on any atom is 0.225 e. The summed E-state index contributed by atoms with van der Waals surface area (Å²) in [5.74, 6) is -0.548. The van der Waals surface area contributed by atoms with Crippen LogP contribution in [0, 0.1) is 0 Å². The summed E-state index contributed by atoms with van der Waals surface area (Å²) in [5, 5.41) is 0. The van der Waals surface area contributed by atoms with Gasteiger partial charge in [-0.15, -0.1) is 0 Å². The summed E-state index contributed by atoms with van der Waals surface area (Å²) in [4.78, 5) is 2.46. The summed E-state index contributed by atoms with van der Waals surface area (Å²) in [6, 6.07) is 8.67. The first-order chi connectivity index (χ1) is 9.09. The fraction of sp³-hybridized carbons (Fsp3) is 0.625. The van der Waals surface area contributed by atoms with Crippen LogP contribution >= 0.6 is 0 Å². The van der Waals surface area contributed by atoms with Crippen LogP contribution in [0.15, 0.2) is 24.3 Å². The molecule has 1 aromatic rings. The van der Waals surface area contributed by atoms with Crippen molar-refractivity contribution in [2.24, 2.45) is 0 Å². The lowest BCUT2D eigenvalue weighted by molar-refractivity contribution is -0.0147. The molecule has 0 spiro atoms. The Balaban J connectivity index is 1.79. The number of rotatable bonds is 3. The lowest BCUT2D eigenvalue weighted by Crippen LogP contribution is -2.29. The van der Waals surface area contributed by atoms with Crippen LogP contribution in [0.3, 0.4) is 0 Å². The van der Waals surface area contributed by atoms with Crippen LogP contribution in [0.25, 0.3) is 0 Å². The zero-order chi connectivity index (χ0) is 13.5. The maximum atomic E-state index is 5.78. The lowest BCUT2D eigenvalue weighted by Gasteiger charge is -2.29. The van der Waals surface area contributed by atoms with Gasteiger partial charge >= 0.3 is 0 Å². The molecule has 0 saturated carbocycles. The van der Waals surface area contributed by atoms with E-state index >= 15 is 0 Å². The first-order valence-corrected chi connectivity index (χ1v) is 7.20. The Morgan fingerprint density at radius 3 is 2.11 bits per heavy atom. The fourth-order valence-electron chi connectivity index (χ4n) is 3.19. The molecular formula is C16H23NO2. The molecule has 2 saturated heterocycles. The number of methoxy groups -OCH3 is 1. The van der Waals surface area contributed by atoms with Gasteiger partial charge in [0.2, 0.25) is 5.79 Å². The summed E-state index contributed by atoms with van der Waals surface area (Å²) < 4.78 is 11.4. The number of ether oxygens (including phenoxy) is 2. The number of hydrogen-bond donors (Lipinski definition) is 0. The molecule has 0 radical (unpaired) electrons. The molecule has 19 heavy (non-hydrogen) atoms. The van der Waals surface area contributed by atoms with Gasteiger partial charge in [0.15, 0.2) is 0 Å². The molecular weight excluding hydrogens is 238 g/mol. The Kier molecular flexibility index (Phi) is 3.06. The number of anilines is 1. The number of hydrogen-bond acceptors (Lipinski definition) is 3. The van der Waals surface area contributed by atoms with Crippen LogP contribution in [0.4, 0.5) is 5.69 Å². The molecule has 1 atom stereocenters. The van der Waals surface area contributed by atoms with E-state index in [2.05, 4.69) is 43.0 Å². The molecule has 3 nitrogen and oxygen atoms in total. The van der Waals surface area contributed by atoms with Crippen LogP contribution in [0.1, 0.15) is 38.7 Å². The van der Waals surface area contributed by atoms with Crippen molar-refractivity contribution < 1.29 is 9.47 Å². The predicted octanol–water partition coefficient (Wildman–Crippen LogP) is 3.28. The van der Waals surface area contributed by atoms with Crippen LogP contribution in [-0.4, -0.2) is 25.8 Å². The number of benzene rings is 1. The van der Waals surface area contributed by atoms with Gasteiger partial charge in [-0.1, -0.05) is 12.1 Å². The van der Waals surface area contributed by atoms with Gasteiger partial charge in [-0.3, -0.25) is 0 Å². The van der Waals surface area contributed by atoms with Crippen LogP contribution in [0.2, 0.25) is 0 Å². The largest absolute Gasteiger partial charge is 0.372 e. The maximum absolute atomic E-state index is 5.78. The van der Waals surface area contributed by atoms with Gasteiger partial charge in [-0.05, 0) is 45.2 Å². The highest BCUT2D eigenvalue weighted by Gasteiger charge is 2.66. The second-order valence-corrected chi connectivity index (χ2v) is 6.03. The van der Waals surface area contributed by atoms with E-state index in [4.69, 9.17) is 9.47 Å². The minimum atomic E-state index is -0.548. The van der Waals surface area contributed by atoms with E-state index in [1.54, 1.807) is 7.11 Å². The van der Waals surface area contributed by atoms with Gasteiger partial charge in [0.25, 0.3) is 0 Å². The number of epoxide rings is 1. The molecule has 3 heteroatoms. The minimum Gasteiger partial charge on any atom is -0.372 e. The highest BCUT2D eigenvalue weighted by atomic mass is 16.8. The second-order valence-electron chi connectivity index (χ2n) is 6.03. The summed E-state index contributed by atoms with van der Waals surface area (Å²) in [6.45, 7) is 6.48. The molecule has 0 bridgehead atoms. The van der Waals surface area contributed by atoms with Crippen molar-refractivity contribution in [3.8, 4) is 0 Å². The van der Waals surface area contributed by atoms with Crippen molar-refractivity contribution >= 4 is 5.69 Å². The molecule has 3 rings (SSSR count). The summed E-state index contributed by atoms with van der Waals surface area (Å²) in [6.07, 6.45) is 3.98. The molecule has 0 amide bonds. The van der Waals surface area contributed by atoms with Gasteiger partial charge in [0.1, 0.15) is 5.60 Å². The van der Waals surface area contributed by atoms with E-state index < -0.39 is 5.79 Å². The minimum absolute atomic E-state index is 0.228. The summed E-state index contributed by atoms with van der Waals surface area (Å²) in [7, 11) is 1.72. The first-order valence-electron chi connectivity index (χ1n) is 7.20. The summed E-state index contributed by atoms with van der Waals surface area (Å²) in [5.41, 5.74) is 2.20. The number of nitrogens with zero attached hydrogens (tertiary/aromatic N) is 1. The molecule has 1 unspecified atom stereocenters. The Morgan fingerprint density at radius 1 is 1.05 bits per heavy atom. The zero-order valence-corrected chi connectivity index (χ0v) is 12.1. The van der Waals surface area contributed by atoms with Gasteiger partial charge in [-0.2, -0.15) is 0 Å². The van der Waals surface area contributed by atoms with Crippen LogP contribution < -0.4 is 4.90 Å².